The fraction of sp³-hybridized carbons (Fsp3) is 0.706. The van der Waals surface area contributed by atoms with Gasteiger partial charge in [-0.1, -0.05) is 19.8 Å². The lowest BCUT2D eigenvalue weighted by Gasteiger charge is -2.26. The van der Waals surface area contributed by atoms with Gasteiger partial charge in [0.2, 0.25) is 0 Å². The highest BCUT2D eigenvalue weighted by atomic mass is 32.1. The minimum absolute atomic E-state index is 0.538. The van der Waals surface area contributed by atoms with Crippen LogP contribution in [0.2, 0.25) is 0 Å². The molecule has 1 N–H and O–H groups in total. The van der Waals surface area contributed by atoms with E-state index in [-0.39, 0.29) is 0 Å². The van der Waals surface area contributed by atoms with Crippen LogP contribution in [0.5, 0.6) is 0 Å². The zero-order valence-corrected chi connectivity index (χ0v) is 14.1. The molecule has 0 amide bonds. The van der Waals surface area contributed by atoms with E-state index in [9.17, 15) is 0 Å². The van der Waals surface area contributed by atoms with Crippen LogP contribution in [0, 0.1) is 5.41 Å². The van der Waals surface area contributed by atoms with Crippen molar-refractivity contribution in [1.82, 2.24) is 10.2 Å². The van der Waals surface area contributed by atoms with Gasteiger partial charge < -0.3 is 10.2 Å². The molecule has 2 fully saturated rings. The molecule has 1 saturated heterocycles. The first-order valence-electron chi connectivity index (χ1n) is 8.20. The Bertz CT molecular complexity index is 474. The average molecular weight is 305 g/mol. The van der Waals surface area contributed by atoms with Crippen molar-refractivity contribution in [3.05, 3.63) is 22.4 Å². The molecule has 1 spiro atoms. The number of likely N-dealkylation sites (tertiary alicyclic amines) is 1. The lowest BCUT2D eigenvalue weighted by Crippen LogP contribution is -2.42. The number of thiophene rings is 1. The van der Waals surface area contributed by atoms with E-state index in [0.717, 1.165) is 12.5 Å². The summed E-state index contributed by atoms with van der Waals surface area (Å²) in [5, 5.41) is 7.99. The van der Waals surface area contributed by atoms with Crippen LogP contribution >= 0.6 is 11.3 Å². The molecule has 1 aliphatic heterocycles. The normalized spacial score (nSPS) is 23.0. The molecule has 0 aromatic carbocycles. The fourth-order valence-electron chi connectivity index (χ4n) is 3.90. The Labute approximate surface area is 132 Å². The molecular formula is C17H27N3S. The van der Waals surface area contributed by atoms with E-state index < -0.39 is 0 Å². The molecule has 0 radical (unpaired) electrons. The molecule has 116 valence electrons. The first-order valence-corrected chi connectivity index (χ1v) is 9.14. The molecule has 21 heavy (non-hydrogen) atoms. The van der Waals surface area contributed by atoms with Crippen LogP contribution in [0.4, 0.5) is 0 Å². The van der Waals surface area contributed by atoms with Crippen molar-refractivity contribution >= 4 is 17.3 Å². The predicted octanol–water partition coefficient (Wildman–Crippen LogP) is 3.69. The molecule has 3 nitrogen and oxygen atoms in total. The largest absolute Gasteiger partial charge is 0.356 e. The summed E-state index contributed by atoms with van der Waals surface area (Å²) in [4.78, 5) is 6.99. The van der Waals surface area contributed by atoms with Crippen LogP contribution in [-0.4, -0.2) is 37.5 Å². The maximum absolute atomic E-state index is 4.51. The summed E-state index contributed by atoms with van der Waals surface area (Å²) in [5.41, 5.74) is 2.04. The molecule has 4 heteroatoms. The molecule has 1 saturated carbocycles. The summed E-state index contributed by atoms with van der Waals surface area (Å²) in [7, 11) is 1.91. The first kappa shape index (κ1) is 14.9. The summed E-state index contributed by atoms with van der Waals surface area (Å²) in [5.74, 6) is 1.64. The van der Waals surface area contributed by atoms with Gasteiger partial charge >= 0.3 is 0 Å². The topological polar surface area (TPSA) is 27.6 Å². The van der Waals surface area contributed by atoms with Crippen LogP contribution in [0.1, 0.15) is 50.5 Å². The Morgan fingerprint density at radius 2 is 2.24 bits per heavy atom. The summed E-state index contributed by atoms with van der Waals surface area (Å²) >= 11 is 1.78. The minimum atomic E-state index is 0.538. The van der Waals surface area contributed by atoms with Crippen molar-refractivity contribution in [1.29, 1.82) is 0 Å². The van der Waals surface area contributed by atoms with Crippen LogP contribution in [0.3, 0.4) is 0 Å². The van der Waals surface area contributed by atoms with E-state index in [4.69, 9.17) is 0 Å². The molecule has 2 aliphatic rings. The van der Waals surface area contributed by atoms with Crippen LogP contribution in [0.15, 0.2) is 21.8 Å². The van der Waals surface area contributed by atoms with Crippen molar-refractivity contribution in [2.45, 2.75) is 44.9 Å². The van der Waals surface area contributed by atoms with Gasteiger partial charge in [0.05, 0.1) is 0 Å². The van der Waals surface area contributed by atoms with Gasteiger partial charge in [0.25, 0.3) is 0 Å². The smallest absolute Gasteiger partial charge is 0.193 e. The van der Waals surface area contributed by atoms with Crippen LogP contribution in [0.25, 0.3) is 0 Å². The van der Waals surface area contributed by atoms with Gasteiger partial charge in [0.1, 0.15) is 0 Å². The minimum Gasteiger partial charge on any atom is -0.356 e. The number of nitrogens with one attached hydrogen (secondary N) is 1. The third kappa shape index (κ3) is 3.25. The highest BCUT2D eigenvalue weighted by molar-refractivity contribution is 7.07. The molecule has 1 aromatic heterocycles. The summed E-state index contributed by atoms with van der Waals surface area (Å²) in [6, 6.07) is 2.23. The van der Waals surface area contributed by atoms with E-state index in [1.807, 2.05) is 7.05 Å². The van der Waals surface area contributed by atoms with Gasteiger partial charge in [0.15, 0.2) is 5.96 Å². The second-order valence-electron chi connectivity index (χ2n) is 6.76. The number of guanidine groups is 1. The lowest BCUT2D eigenvalue weighted by molar-refractivity contribution is 0.309. The van der Waals surface area contributed by atoms with Crippen molar-refractivity contribution < 1.29 is 0 Å². The quantitative estimate of drug-likeness (QED) is 0.681. The van der Waals surface area contributed by atoms with Crippen LogP contribution in [-0.2, 0) is 0 Å². The summed E-state index contributed by atoms with van der Waals surface area (Å²) in [6.07, 6.45) is 7.05. The molecule has 1 aliphatic carbocycles. The van der Waals surface area contributed by atoms with E-state index >= 15 is 0 Å². The Kier molecular flexibility index (Phi) is 4.53. The Balaban J connectivity index is 1.54. The van der Waals surface area contributed by atoms with E-state index in [0.29, 0.717) is 11.3 Å². The van der Waals surface area contributed by atoms with Gasteiger partial charge in [-0.05, 0) is 53.0 Å². The second-order valence-corrected chi connectivity index (χ2v) is 7.54. The molecular weight excluding hydrogens is 278 g/mol. The molecule has 1 unspecified atom stereocenters. The molecule has 0 bridgehead atoms. The number of rotatable bonds is 3. The van der Waals surface area contributed by atoms with Crippen LogP contribution < -0.4 is 5.32 Å². The van der Waals surface area contributed by atoms with Crippen molar-refractivity contribution in [2.75, 3.05) is 26.7 Å². The van der Waals surface area contributed by atoms with Crippen molar-refractivity contribution in [3.63, 3.8) is 0 Å². The number of aliphatic imine (C=N–C) groups is 1. The molecule has 2 heterocycles. The third-order valence-electron chi connectivity index (χ3n) is 5.29. The highest BCUT2D eigenvalue weighted by Crippen LogP contribution is 2.45. The molecule has 1 atom stereocenters. The van der Waals surface area contributed by atoms with Crippen molar-refractivity contribution in [3.8, 4) is 0 Å². The van der Waals surface area contributed by atoms with E-state index in [1.165, 1.54) is 50.8 Å². The lowest BCUT2D eigenvalue weighted by atomic mass is 9.86. The molecule has 1 aromatic rings. The second kappa shape index (κ2) is 6.39. The monoisotopic (exact) mass is 305 g/mol. The number of nitrogens with zero attached hydrogens (tertiary/aromatic N) is 2. The highest BCUT2D eigenvalue weighted by Gasteiger charge is 2.41. The SMILES string of the molecule is CN=C(NCC(C)c1ccsc1)N1CCC2(CCCC2)C1. The maximum atomic E-state index is 4.51. The van der Waals surface area contributed by atoms with E-state index in [1.54, 1.807) is 11.3 Å². The maximum Gasteiger partial charge on any atom is 0.193 e. The zero-order valence-electron chi connectivity index (χ0n) is 13.3. The van der Waals surface area contributed by atoms with Gasteiger partial charge in [-0.25, -0.2) is 0 Å². The number of hydrogen-bond acceptors (Lipinski definition) is 2. The first-order chi connectivity index (χ1) is 10.2. The third-order valence-corrected chi connectivity index (χ3v) is 5.99. The summed E-state index contributed by atoms with van der Waals surface area (Å²) < 4.78 is 0. The Hall–Kier alpha value is -1.03. The summed E-state index contributed by atoms with van der Waals surface area (Å²) in [6.45, 7) is 5.63. The standard InChI is InChI=1S/C17H27N3S/c1-14(15-5-10-21-12-15)11-19-16(18-2)20-9-8-17(13-20)6-3-4-7-17/h5,10,12,14H,3-4,6-9,11,13H2,1-2H3,(H,18,19). The Morgan fingerprint density at radius 1 is 1.43 bits per heavy atom. The van der Waals surface area contributed by atoms with Gasteiger partial charge in [-0.15, -0.1) is 0 Å². The van der Waals surface area contributed by atoms with Crippen molar-refractivity contribution in [2.24, 2.45) is 10.4 Å². The fourth-order valence-corrected chi connectivity index (χ4v) is 4.68. The molecule has 3 rings (SSSR count). The Morgan fingerprint density at radius 3 is 2.90 bits per heavy atom. The van der Waals surface area contributed by atoms with E-state index in [2.05, 4.69) is 39.0 Å². The van der Waals surface area contributed by atoms with Gasteiger partial charge in [0, 0.05) is 26.7 Å². The van der Waals surface area contributed by atoms with Gasteiger partial charge in [-0.2, -0.15) is 11.3 Å². The number of hydrogen-bond donors (Lipinski definition) is 1. The average Bonchev–Trinajstić information content (AvgIpc) is 3.23. The van der Waals surface area contributed by atoms with Gasteiger partial charge in [-0.3, -0.25) is 4.99 Å². The zero-order chi connectivity index (χ0) is 14.7. The predicted molar refractivity (Wildman–Crippen MR) is 91.2 cm³/mol.